The van der Waals surface area contributed by atoms with Gasteiger partial charge in [-0.05, 0) is 30.9 Å². The molecule has 0 saturated carbocycles. The third-order valence-corrected chi connectivity index (χ3v) is 2.77. The van der Waals surface area contributed by atoms with Crippen molar-refractivity contribution >= 4 is 0 Å². The van der Waals surface area contributed by atoms with Crippen molar-refractivity contribution in [2.24, 2.45) is 0 Å². The van der Waals surface area contributed by atoms with Crippen molar-refractivity contribution in [3.63, 3.8) is 0 Å². The van der Waals surface area contributed by atoms with E-state index in [1.165, 1.54) is 0 Å². The van der Waals surface area contributed by atoms with Gasteiger partial charge in [-0.1, -0.05) is 50.0 Å². The second kappa shape index (κ2) is 5.72. The summed E-state index contributed by atoms with van der Waals surface area (Å²) in [5.41, 5.74) is 1.04. The van der Waals surface area contributed by atoms with Crippen LogP contribution in [0, 0.1) is 18.8 Å². The second-order valence-corrected chi connectivity index (χ2v) is 4.08. The zero-order valence-electron chi connectivity index (χ0n) is 10.4. The number of aryl methyl sites for hydroxylation is 1. The first-order valence-electron chi connectivity index (χ1n) is 5.92. The Kier molecular flexibility index (Phi) is 4.58. The van der Waals surface area contributed by atoms with Crippen molar-refractivity contribution in [2.45, 2.75) is 45.6 Å². The lowest BCUT2D eigenvalue weighted by atomic mass is 9.88. The molecule has 0 amide bonds. The highest BCUT2D eigenvalue weighted by atomic mass is 16.3. The van der Waals surface area contributed by atoms with Gasteiger partial charge in [-0.25, -0.2) is 0 Å². The first-order valence-corrected chi connectivity index (χ1v) is 5.92. The average molecular weight is 216 g/mol. The van der Waals surface area contributed by atoms with Gasteiger partial charge < -0.3 is 5.11 Å². The number of benzene rings is 1. The monoisotopic (exact) mass is 216 g/mol. The molecule has 0 aliphatic carbocycles. The molecule has 0 aliphatic rings. The highest BCUT2D eigenvalue weighted by Gasteiger charge is 2.25. The van der Waals surface area contributed by atoms with E-state index in [1.54, 1.807) is 0 Å². The van der Waals surface area contributed by atoms with Crippen LogP contribution in [-0.2, 0) is 5.60 Å². The standard InChI is InChI=1S/C15H20O/c1-4-6-9-12-15(16,5-2)14-11-8-7-10-13(14)3/h7-8,10-11,16H,4-6H2,1-3H3/t15-/m0/s1. The Morgan fingerprint density at radius 1 is 1.25 bits per heavy atom. The maximum Gasteiger partial charge on any atom is 0.150 e. The average Bonchev–Trinajstić information content (AvgIpc) is 2.30. The van der Waals surface area contributed by atoms with Crippen LogP contribution in [0.5, 0.6) is 0 Å². The van der Waals surface area contributed by atoms with Gasteiger partial charge in [0.2, 0.25) is 0 Å². The van der Waals surface area contributed by atoms with Gasteiger partial charge in [0, 0.05) is 6.42 Å². The Hall–Kier alpha value is -1.26. The van der Waals surface area contributed by atoms with Gasteiger partial charge in [-0.2, -0.15) is 0 Å². The third kappa shape index (κ3) is 2.87. The summed E-state index contributed by atoms with van der Waals surface area (Å²) in [5.74, 6) is 6.06. The van der Waals surface area contributed by atoms with Crippen molar-refractivity contribution in [2.75, 3.05) is 0 Å². The molecule has 1 atom stereocenters. The van der Waals surface area contributed by atoms with Crippen molar-refractivity contribution in [1.29, 1.82) is 0 Å². The van der Waals surface area contributed by atoms with E-state index in [4.69, 9.17) is 0 Å². The lowest BCUT2D eigenvalue weighted by molar-refractivity contribution is 0.0952. The summed E-state index contributed by atoms with van der Waals surface area (Å²) in [6.07, 6.45) is 2.49. The Bertz CT molecular complexity index is 397. The van der Waals surface area contributed by atoms with Crippen molar-refractivity contribution in [1.82, 2.24) is 0 Å². The number of rotatable bonds is 3. The summed E-state index contributed by atoms with van der Waals surface area (Å²) in [6, 6.07) is 7.90. The van der Waals surface area contributed by atoms with Crippen LogP contribution in [0.2, 0.25) is 0 Å². The Balaban J connectivity index is 3.07. The SMILES string of the molecule is CCCC#C[C@@](O)(CC)c1ccccc1C. The quantitative estimate of drug-likeness (QED) is 0.768. The van der Waals surface area contributed by atoms with E-state index in [0.29, 0.717) is 6.42 Å². The molecule has 0 saturated heterocycles. The van der Waals surface area contributed by atoms with Crippen LogP contribution in [0.1, 0.15) is 44.2 Å². The Morgan fingerprint density at radius 3 is 2.50 bits per heavy atom. The van der Waals surface area contributed by atoms with Gasteiger partial charge >= 0.3 is 0 Å². The molecular formula is C15H20O. The molecule has 0 fully saturated rings. The summed E-state index contributed by atoms with van der Waals surface area (Å²) >= 11 is 0. The molecule has 86 valence electrons. The molecule has 1 nitrogen and oxygen atoms in total. The smallest absolute Gasteiger partial charge is 0.150 e. The number of hydrogen-bond acceptors (Lipinski definition) is 1. The van der Waals surface area contributed by atoms with Crippen LogP contribution in [-0.4, -0.2) is 5.11 Å². The molecular weight excluding hydrogens is 196 g/mol. The van der Waals surface area contributed by atoms with E-state index in [2.05, 4.69) is 18.8 Å². The zero-order valence-corrected chi connectivity index (χ0v) is 10.4. The second-order valence-electron chi connectivity index (χ2n) is 4.08. The highest BCUT2D eigenvalue weighted by Crippen LogP contribution is 2.26. The fourth-order valence-electron chi connectivity index (χ4n) is 1.72. The molecule has 1 heteroatoms. The largest absolute Gasteiger partial charge is 0.373 e. The summed E-state index contributed by atoms with van der Waals surface area (Å²) < 4.78 is 0. The van der Waals surface area contributed by atoms with E-state index < -0.39 is 5.60 Å². The van der Waals surface area contributed by atoms with Crippen molar-refractivity contribution in [3.05, 3.63) is 35.4 Å². The Morgan fingerprint density at radius 2 is 1.94 bits per heavy atom. The summed E-state index contributed by atoms with van der Waals surface area (Å²) in [6.45, 7) is 6.07. The maximum atomic E-state index is 10.5. The minimum absolute atomic E-state index is 0.620. The van der Waals surface area contributed by atoms with E-state index in [1.807, 2.05) is 38.1 Å². The van der Waals surface area contributed by atoms with Crippen molar-refractivity contribution in [3.8, 4) is 11.8 Å². The number of hydrogen-bond donors (Lipinski definition) is 1. The number of aliphatic hydroxyl groups is 1. The minimum atomic E-state index is -0.986. The predicted molar refractivity (Wildman–Crippen MR) is 68.1 cm³/mol. The van der Waals surface area contributed by atoms with E-state index in [-0.39, 0.29) is 0 Å². The van der Waals surface area contributed by atoms with Crippen LogP contribution < -0.4 is 0 Å². The van der Waals surface area contributed by atoms with E-state index in [9.17, 15) is 5.11 Å². The fraction of sp³-hybridized carbons (Fsp3) is 0.467. The normalized spacial score (nSPS) is 13.8. The Labute approximate surface area is 98.5 Å². The van der Waals surface area contributed by atoms with Gasteiger partial charge in [-0.15, -0.1) is 0 Å². The predicted octanol–water partition coefficient (Wildman–Crippen LogP) is 3.40. The van der Waals surface area contributed by atoms with Gasteiger partial charge in [0.15, 0.2) is 5.60 Å². The lowest BCUT2D eigenvalue weighted by Gasteiger charge is -2.22. The van der Waals surface area contributed by atoms with Gasteiger partial charge in [0.1, 0.15) is 0 Å². The molecule has 0 spiro atoms. The lowest BCUT2D eigenvalue weighted by Crippen LogP contribution is -2.23. The highest BCUT2D eigenvalue weighted by molar-refractivity contribution is 5.37. The molecule has 1 rings (SSSR count). The van der Waals surface area contributed by atoms with Gasteiger partial charge in [0.25, 0.3) is 0 Å². The zero-order chi connectivity index (χ0) is 12.0. The van der Waals surface area contributed by atoms with E-state index >= 15 is 0 Å². The molecule has 1 aromatic carbocycles. The molecule has 1 aromatic rings. The van der Waals surface area contributed by atoms with Crippen molar-refractivity contribution < 1.29 is 5.11 Å². The van der Waals surface area contributed by atoms with Crippen LogP contribution in [0.15, 0.2) is 24.3 Å². The van der Waals surface area contributed by atoms with Crippen LogP contribution in [0.25, 0.3) is 0 Å². The first kappa shape index (κ1) is 12.8. The fourth-order valence-corrected chi connectivity index (χ4v) is 1.72. The molecule has 0 bridgehead atoms. The molecule has 0 aromatic heterocycles. The molecule has 0 radical (unpaired) electrons. The summed E-state index contributed by atoms with van der Waals surface area (Å²) in [7, 11) is 0. The summed E-state index contributed by atoms with van der Waals surface area (Å²) in [5, 5.41) is 10.5. The van der Waals surface area contributed by atoms with Gasteiger partial charge in [-0.3, -0.25) is 0 Å². The maximum absolute atomic E-state index is 10.5. The van der Waals surface area contributed by atoms with Gasteiger partial charge in [0.05, 0.1) is 0 Å². The third-order valence-electron chi connectivity index (χ3n) is 2.77. The first-order chi connectivity index (χ1) is 7.64. The van der Waals surface area contributed by atoms with Crippen LogP contribution >= 0.6 is 0 Å². The number of unbranched alkanes of at least 4 members (excludes halogenated alkanes) is 1. The molecule has 16 heavy (non-hydrogen) atoms. The topological polar surface area (TPSA) is 20.2 Å². The minimum Gasteiger partial charge on any atom is -0.373 e. The summed E-state index contributed by atoms with van der Waals surface area (Å²) in [4.78, 5) is 0. The molecule has 0 heterocycles. The molecule has 0 unspecified atom stereocenters. The van der Waals surface area contributed by atoms with Crippen LogP contribution in [0.4, 0.5) is 0 Å². The van der Waals surface area contributed by atoms with Crippen LogP contribution in [0.3, 0.4) is 0 Å². The molecule has 0 aliphatic heterocycles. The van der Waals surface area contributed by atoms with E-state index in [0.717, 1.165) is 24.0 Å². The molecule has 1 N–H and O–H groups in total.